The normalized spacial score (nSPS) is 10.9. The summed E-state index contributed by atoms with van der Waals surface area (Å²) in [6, 6.07) is 9.44. The third kappa shape index (κ3) is 1.83. The van der Waals surface area contributed by atoms with Crippen LogP contribution in [0.4, 0.5) is 5.69 Å². The van der Waals surface area contributed by atoms with Crippen molar-refractivity contribution in [1.82, 2.24) is 14.6 Å². The number of nitrogen functional groups attached to an aromatic ring is 1. The zero-order valence-corrected chi connectivity index (χ0v) is 9.59. The zero-order valence-electron chi connectivity index (χ0n) is 8.84. The first kappa shape index (κ1) is 10.1. The number of benzene rings is 1. The van der Waals surface area contributed by atoms with Gasteiger partial charge in [-0.15, -0.1) is 0 Å². The maximum absolute atomic E-state index is 5.95. The molecule has 2 aromatic heterocycles. The van der Waals surface area contributed by atoms with Crippen molar-refractivity contribution in [3.63, 3.8) is 0 Å². The summed E-state index contributed by atoms with van der Waals surface area (Å²) >= 11 is 5.95. The van der Waals surface area contributed by atoms with Gasteiger partial charge in [0.15, 0.2) is 5.65 Å². The summed E-state index contributed by atoms with van der Waals surface area (Å²) in [6.45, 7) is 0. The van der Waals surface area contributed by atoms with Crippen molar-refractivity contribution >= 4 is 22.9 Å². The fraction of sp³-hybridized carbons (Fsp3) is 0. The standard InChI is InChI=1S/C12H9ClN4/c13-9-3-1-2-8(4-9)11-5-12-15-6-10(14)7-17(12)16-11/h1-7H,14H2. The highest BCUT2D eigenvalue weighted by molar-refractivity contribution is 6.30. The third-order valence-corrected chi connectivity index (χ3v) is 2.69. The Morgan fingerprint density at radius 1 is 1.24 bits per heavy atom. The summed E-state index contributed by atoms with van der Waals surface area (Å²) in [5.41, 5.74) is 8.78. The maximum atomic E-state index is 5.95. The van der Waals surface area contributed by atoms with E-state index in [9.17, 15) is 0 Å². The fourth-order valence-electron chi connectivity index (χ4n) is 1.68. The second kappa shape index (κ2) is 3.75. The van der Waals surface area contributed by atoms with Crippen molar-refractivity contribution in [2.24, 2.45) is 0 Å². The number of fused-ring (bicyclic) bond motifs is 1. The lowest BCUT2D eigenvalue weighted by Crippen LogP contribution is -1.93. The van der Waals surface area contributed by atoms with Crippen LogP contribution in [0.2, 0.25) is 5.02 Å². The molecule has 0 aliphatic heterocycles. The molecule has 2 N–H and O–H groups in total. The lowest BCUT2D eigenvalue weighted by atomic mass is 10.2. The molecule has 5 heteroatoms. The molecule has 0 aliphatic carbocycles. The van der Waals surface area contributed by atoms with Crippen LogP contribution in [0, 0.1) is 0 Å². The summed E-state index contributed by atoms with van der Waals surface area (Å²) in [7, 11) is 0. The van der Waals surface area contributed by atoms with E-state index in [1.807, 2.05) is 30.3 Å². The molecule has 0 unspecified atom stereocenters. The molecule has 0 fully saturated rings. The van der Waals surface area contributed by atoms with Gasteiger partial charge < -0.3 is 5.73 Å². The summed E-state index contributed by atoms with van der Waals surface area (Å²) in [6.07, 6.45) is 3.34. The quantitative estimate of drug-likeness (QED) is 0.716. The average Bonchev–Trinajstić information content (AvgIpc) is 2.72. The van der Waals surface area contributed by atoms with E-state index in [0.29, 0.717) is 10.7 Å². The molecule has 0 bridgehead atoms. The molecular weight excluding hydrogens is 236 g/mol. The van der Waals surface area contributed by atoms with Gasteiger partial charge in [0.25, 0.3) is 0 Å². The number of halogens is 1. The molecule has 0 amide bonds. The first-order chi connectivity index (χ1) is 8.22. The molecule has 0 aliphatic rings. The van der Waals surface area contributed by atoms with Gasteiger partial charge in [-0.05, 0) is 12.1 Å². The van der Waals surface area contributed by atoms with Crippen LogP contribution in [0.5, 0.6) is 0 Å². The minimum atomic E-state index is 0.582. The van der Waals surface area contributed by atoms with Gasteiger partial charge in [0.05, 0.1) is 23.8 Å². The molecule has 0 atom stereocenters. The van der Waals surface area contributed by atoms with E-state index in [4.69, 9.17) is 17.3 Å². The number of nitrogens with two attached hydrogens (primary N) is 1. The first-order valence-electron chi connectivity index (χ1n) is 5.09. The highest BCUT2D eigenvalue weighted by Crippen LogP contribution is 2.22. The molecule has 0 saturated carbocycles. The third-order valence-electron chi connectivity index (χ3n) is 2.45. The van der Waals surface area contributed by atoms with Crippen molar-refractivity contribution in [2.75, 3.05) is 5.73 Å². The largest absolute Gasteiger partial charge is 0.396 e. The number of nitrogens with zero attached hydrogens (tertiary/aromatic N) is 3. The van der Waals surface area contributed by atoms with Crippen molar-refractivity contribution in [3.05, 3.63) is 47.7 Å². The molecule has 17 heavy (non-hydrogen) atoms. The predicted molar refractivity (Wildman–Crippen MR) is 67.8 cm³/mol. The Morgan fingerprint density at radius 3 is 2.94 bits per heavy atom. The fourth-order valence-corrected chi connectivity index (χ4v) is 1.87. The number of rotatable bonds is 1. The Morgan fingerprint density at radius 2 is 2.12 bits per heavy atom. The van der Waals surface area contributed by atoms with Gasteiger partial charge in [-0.25, -0.2) is 9.50 Å². The maximum Gasteiger partial charge on any atom is 0.155 e. The van der Waals surface area contributed by atoms with Gasteiger partial charge in [0, 0.05) is 16.7 Å². The van der Waals surface area contributed by atoms with E-state index in [2.05, 4.69) is 10.1 Å². The molecule has 84 valence electrons. The Kier molecular flexibility index (Phi) is 2.23. The number of aromatic nitrogens is 3. The van der Waals surface area contributed by atoms with Gasteiger partial charge in [-0.1, -0.05) is 23.7 Å². The van der Waals surface area contributed by atoms with E-state index in [0.717, 1.165) is 16.9 Å². The number of hydrogen-bond acceptors (Lipinski definition) is 3. The zero-order chi connectivity index (χ0) is 11.8. The van der Waals surface area contributed by atoms with Crippen LogP contribution in [0.15, 0.2) is 42.7 Å². The highest BCUT2D eigenvalue weighted by Gasteiger charge is 2.05. The summed E-state index contributed by atoms with van der Waals surface area (Å²) < 4.78 is 1.66. The van der Waals surface area contributed by atoms with Crippen molar-refractivity contribution in [2.45, 2.75) is 0 Å². The summed E-state index contributed by atoms with van der Waals surface area (Å²) in [5.74, 6) is 0. The number of anilines is 1. The van der Waals surface area contributed by atoms with Gasteiger partial charge in [-0.3, -0.25) is 0 Å². The van der Waals surface area contributed by atoms with Crippen molar-refractivity contribution in [1.29, 1.82) is 0 Å². The minimum absolute atomic E-state index is 0.582. The number of hydrogen-bond donors (Lipinski definition) is 1. The van der Waals surface area contributed by atoms with E-state index < -0.39 is 0 Å². The molecule has 0 radical (unpaired) electrons. The molecule has 0 spiro atoms. The minimum Gasteiger partial charge on any atom is -0.396 e. The van der Waals surface area contributed by atoms with E-state index in [1.165, 1.54) is 0 Å². The highest BCUT2D eigenvalue weighted by atomic mass is 35.5. The van der Waals surface area contributed by atoms with Crippen LogP contribution in [0.3, 0.4) is 0 Å². The smallest absolute Gasteiger partial charge is 0.155 e. The van der Waals surface area contributed by atoms with Gasteiger partial charge in [-0.2, -0.15) is 5.10 Å². The topological polar surface area (TPSA) is 56.2 Å². The van der Waals surface area contributed by atoms with Gasteiger partial charge in [0.1, 0.15) is 0 Å². The van der Waals surface area contributed by atoms with E-state index >= 15 is 0 Å². The Balaban J connectivity index is 2.18. The molecule has 0 saturated heterocycles. The second-order valence-electron chi connectivity index (χ2n) is 3.73. The Hall–Kier alpha value is -2.07. The average molecular weight is 245 g/mol. The van der Waals surface area contributed by atoms with Gasteiger partial charge >= 0.3 is 0 Å². The predicted octanol–water partition coefficient (Wildman–Crippen LogP) is 2.63. The van der Waals surface area contributed by atoms with Crippen LogP contribution >= 0.6 is 11.6 Å². The molecule has 3 rings (SSSR count). The molecule has 4 nitrogen and oxygen atoms in total. The monoisotopic (exact) mass is 244 g/mol. The molecule has 2 heterocycles. The van der Waals surface area contributed by atoms with Crippen LogP contribution in [0.1, 0.15) is 0 Å². The Bertz CT molecular complexity index is 690. The molecular formula is C12H9ClN4. The van der Waals surface area contributed by atoms with Crippen molar-refractivity contribution in [3.8, 4) is 11.3 Å². The first-order valence-corrected chi connectivity index (χ1v) is 5.47. The molecule has 1 aromatic carbocycles. The Labute approximate surface area is 103 Å². The van der Waals surface area contributed by atoms with Crippen LogP contribution in [0.25, 0.3) is 16.9 Å². The van der Waals surface area contributed by atoms with E-state index in [1.54, 1.807) is 16.9 Å². The van der Waals surface area contributed by atoms with E-state index in [-0.39, 0.29) is 0 Å². The van der Waals surface area contributed by atoms with Crippen molar-refractivity contribution < 1.29 is 0 Å². The van der Waals surface area contributed by atoms with Crippen LogP contribution in [-0.2, 0) is 0 Å². The van der Waals surface area contributed by atoms with Crippen LogP contribution < -0.4 is 5.73 Å². The second-order valence-corrected chi connectivity index (χ2v) is 4.17. The summed E-state index contributed by atoms with van der Waals surface area (Å²) in [5, 5.41) is 5.09. The van der Waals surface area contributed by atoms with Crippen LogP contribution in [-0.4, -0.2) is 14.6 Å². The van der Waals surface area contributed by atoms with Gasteiger partial charge in [0.2, 0.25) is 0 Å². The SMILES string of the molecule is Nc1cnc2cc(-c3cccc(Cl)c3)nn2c1. The summed E-state index contributed by atoms with van der Waals surface area (Å²) in [4.78, 5) is 4.19. The lowest BCUT2D eigenvalue weighted by Gasteiger charge is -1.95. The molecule has 3 aromatic rings. The lowest BCUT2D eigenvalue weighted by molar-refractivity contribution is 0.946.